The van der Waals surface area contributed by atoms with Crippen LogP contribution < -0.4 is 30.9 Å². The number of aliphatic hydroxyl groups excluding tert-OH is 1. The molecule has 7 heterocycles. The van der Waals surface area contributed by atoms with Gasteiger partial charge in [0.15, 0.2) is 5.82 Å². The fourth-order valence-corrected chi connectivity index (χ4v) is 12.4. The van der Waals surface area contributed by atoms with Gasteiger partial charge in [-0.3, -0.25) is 14.4 Å². The number of thiazole rings is 1. The van der Waals surface area contributed by atoms with Crippen LogP contribution in [0.1, 0.15) is 89.9 Å². The number of phenols is 1. The van der Waals surface area contributed by atoms with Crippen LogP contribution in [0.25, 0.3) is 21.7 Å². The van der Waals surface area contributed by atoms with E-state index < -0.39 is 35.4 Å². The molecule has 20 heteroatoms. The van der Waals surface area contributed by atoms with Crippen LogP contribution in [0.4, 0.5) is 17.2 Å². The molecule has 4 saturated heterocycles. The number of amides is 3. The number of ether oxygens (including phenoxy) is 3. The topological polar surface area (TPSA) is 234 Å². The average Bonchev–Trinajstić information content (AvgIpc) is 4.11. The molecule has 2 unspecified atom stereocenters. The van der Waals surface area contributed by atoms with Crippen molar-refractivity contribution in [2.24, 2.45) is 5.41 Å². The number of phenolic OH excluding ortho intramolecular Hbond substituents is 1. The number of anilines is 3. The summed E-state index contributed by atoms with van der Waals surface area (Å²) < 4.78 is 18.8. The first-order valence-corrected chi connectivity index (χ1v) is 28.0. The Labute approximate surface area is 454 Å². The van der Waals surface area contributed by atoms with Gasteiger partial charge in [-0.15, -0.1) is 21.5 Å². The number of rotatable bonds is 18. The molecule has 5 aromatic rings. The summed E-state index contributed by atoms with van der Waals surface area (Å²) in [4.78, 5) is 59.7. The normalized spacial score (nSPS) is 23.6. The number of para-hydroxylation sites is 1. The zero-order valence-electron chi connectivity index (χ0n) is 44.7. The van der Waals surface area contributed by atoms with Gasteiger partial charge in [0.25, 0.3) is 0 Å². The number of β-amino-alcohol motifs (C(OH)–C–C–N with tert-alkyl or cyclic N) is 1. The number of aromatic nitrogens is 4. The van der Waals surface area contributed by atoms with Crippen LogP contribution in [0.3, 0.4) is 0 Å². The first-order valence-electron chi connectivity index (χ1n) is 27.2. The summed E-state index contributed by atoms with van der Waals surface area (Å²) in [7, 11) is 0. The Hall–Kier alpha value is -6.45. The van der Waals surface area contributed by atoms with Crippen LogP contribution >= 0.6 is 11.3 Å². The number of aryl methyl sites for hydroxylation is 1. The predicted octanol–water partition coefficient (Wildman–Crippen LogP) is 5.89. The maximum absolute atomic E-state index is 14.2. The number of carbonyl (C=O) groups excluding carboxylic acids is 3. The Morgan fingerprint density at radius 1 is 0.883 bits per heavy atom. The molecule has 2 aromatic carbocycles. The number of nitrogens with zero attached hydrogens (tertiary/aromatic N) is 8. The van der Waals surface area contributed by atoms with E-state index >= 15 is 0 Å². The SMILES string of the molecule is Cc1ncsc1-c1ccc([C@H](C)NC(=O)[C@@H]2C[C@@H](O)CN2C(=O)[C@@H](NC(=O)COCCN2CCC(O[C@H]3C[C@H](Oc4cc(N5C6CCC5CN(c5cc(-c7ccccc7O)nnc5N)C6)ccn4)C3)CC2)C(C)(C)C)cc1. The number of pyridine rings is 1. The van der Waals surface area contributed by atoms with Crippen LogP contribution in [0, 0.1) is 12.3 Å². The van der Waals surface area contributed by atoms with E-state index in [1.165, 1.54) is 4.90 Å². The standard InChI is InChI=1S/C57H73N11O8S/c1-34(36-10-12-37(13-11-36)52-35(2)60-33-77-52)61-55(72)48-25-41(69)31-67(48)56(73)53(57(3,4)5)62-50(71)32-74-23-22-65-20-17-42(18-21-65)75-43-26-44(27-43)76-51-24-38(16-19-59-51)68-39-14-15-40(68)30-66(29-39)47-28-46(63-64-54(47)58)45-8-6-7-9-49(45)70/h6-13,16,19,24,28,33-34,39-44,48,53,69-70H,14-15,17-18,20-23,25-27,29-32H2,1-5H3,(H2,58,64)(H,61,72)(H,62,71)/t34-,39?,40?,41+,43-,44-,48-,53+/m0/s1. The van der Waals surface area contributed by atoms with Crippen molar-refractivity contribution < 1.29 is 38.8 Å². The van der Waals surface area contributed by atoms with E-state index in [1.54, 1.807) is 23.5 Å². The highest BCUT2D eigenvalue weighted by molar-refractivity contribution is 7.13. The summed E-state index contributed by atoms with van der Waals surface area (Å²) in [5.41, 5.74) is 13.6. The second kappa shape index (κ2) is 23.3. The number of nitrogens with one attached hydrogen (secondary N) is 2. The smallest absolute Gasteiger partial charge is 0.246 e. The van der Waals surface area contributed by atoms with Gasteiger partial charge in [0.1, 0.15) is 30.5 Å². The Morgan fingerprint density at radius 3 is 2.32 bits per heavy atom. The Morgan fingerprint density at radius 2 is 1.62 bits per heavy atom. The van der Waals surface area contributed by atoms with Crippen molar-refractivity contribution in [2.75, 3.05) is 68.0 Å². The molecule has 0 spiro atoms. The number of carbonyl (C=O) groups is 3. The number of piperidine rings is 1. The van der Waals surface area contributed by atoms with Crippen molar-refractivity contribution in [1.82, 2.24) is 40.6 Å². The third-order valence-electron chi connectivity index (χ3n) is 15.9. The summed E-state index contributed by atoms with van der Waals surface area (Å²) in [6.07, 6.45) is 7.00. The Balaban J connectivity index is 0.622. The lowest BCUT2D eigenvalue weighted by atomic mass is 9.85. The summed E-state index contributed by atoms with van der Waals surface area (Å²) in [5, 5.41) is 35.6. The quantitative estimate of drug-likeness (QED) is 0.0644. The third-order valence-corrected chi connectivity index (χ3v) is 16.9. The molecule has 3 aromatic heterocycles. The zero-order valence-corrected chi connectivity index (χ0v) is 45.5. The maximum atomic E-state index is 14.2. The molecule has 3 amide bonds. The van der Waals surface area contributed by atoms with E-state index in [0.717, 1.165) is 97.8 Å². The zero-order chi connectivity index (χ0) is 54.0. The van der Waals surface area contributed by atoms with Gasteiger partial charge in [0.2, 0.25) is 23.6 Å². The number of nitrogen functional groups attached to an aromatic ring is 1. The number of nitrogens with two attached hydrogens (primary N) is 1. The molecule has 1 aliphatic carbocycles. The van der Waals surface area contributed by atoms with Gasteiger partial charge in [-0.2, -0.15) is 0 Å². The van der Waals surface area contributed by atoms with E-state index in [-0.39, 0.29) is 67.7 Å². The van der Waals surface area contributed by atoms with Gasteiger partial charge < -0.3 is 60.4 Å². The van der Waals surface area contributed by atoms with Crippen molar-refractivity contribution in [3.63, 3.8) is 0 Å². The molecule has 19 nitrogen and oxygen atoms in total. The van der Waals surface area contributed by atoms with E-state index in [0.29, 0.717) is 36.1 Å². The molecule has 6 atom stereocenters. The largest absolute Gasteiger partial charge is 0.507 e. The molecule has 77 heavy (non-hydrogen) atoms. The monoisotopic (exact) mass is 1070 g/mol. The van der Waals surface area contributed by atoms with Crippen molar-refractivity contribution in [1.29, 1.82) is 0 Å². The highest BCUT2D eigenvalue weighted by Crippen LogP contribution is 2.40. The highest BCUT2D eigenvalue weighted by Gasteiger charge is 2.45. The lowest BCUT2D eigenvalue weighted by Crippen LogP contribution is -2.58. The summed E-state index contributed by atoms with van der Waals surface area (Å²) in [5.74, 6) is -0.0319. The molecule has 5 fully saturated rings. The number of hydrogen-bond donors (Lipinski definition) is 5. The number of piperazine rings is 1. The molecule has 1 saturated carbocycles. The summed E-state index contributed by atoms with van der Waals surface area (Å²) in [6, 6.07) is 19.6. The first-order chi connectivity index (χ1) is 37.0. The van der Waals surface area contributed by atoms with E-state index in [9.17, 15) is 24.6 Å². The molecule has 410 valence electrons. The number of likely N-dealkylation sites (tertiary alicyclic amines) is 2. The molecular weight excluding hydrogens is 999 g/mol. The van der Waals surface area contributed by atoms with Crippen molar-refractivity contribution >= 4 is 46.3 Å². The summed E-state index contributed by atoms with van der Waals surface area (Å²) in [6.45, 7) is 13.6. The van der Waals surface area contributed by atoms with Crippen LogP contribution in [0.5, 0.6) is 11.6 Å². The van der Waals surface area contributed by atoms with Gasteiger partial charge in [-0.1, -0.05) is 57.2 Å². The minimum Gasteiger partial charge on any atom is -0.507 e. The van der Waals surface area contributed by atoms with Gasteiger partial charge in [-0.25, -0.2) is 9.97 Å². The number of fused-ring (bicyclic) bond motifs is 2. The van der Waals surface area contributed by atoms with Crippen LogP contribution in [0.2, 0.25) is 0 Å². The first kappa shape index (κ1) is 53.9. The molecule has 4 aliphatic heterocycles. The predicted molar refractivity (Wildman–Crippen MR) is 294 cm³/mol. The molecule has 0 radical (unpaired) electrons. The van der Waals surface area contributed by atoms with E-state index in [4.69, 9.17) is 19.9 Å². The van der Waals surface area contributed by atoms with Crippen LogP contribution in [0.15, 0.2) is 78.4 Å². The van der Waals surface area contributed by atoms with Gasteiger partial charge >= 0.3 is 0 Å². The number of aliphatic hydroxyl groups is 1. The summed E-state index contributed by atoms with van der Waals surface area (Å²) >= 11 is 1.58. The average molecular weight is 1070 g/mol. The Kier molecular flexibility index (Phi) is 16.3. The second-order valence-corrected chi connectivity index (χ2v) is 23.4. The number of benzene rings is 2. The fraction of sp³-hybridized carbons (Fsp3) is 0.526. The second-order valence-electron chi connectivity index (χ2n) is 22.5. The maximum Gasteiger partial charge on any atom is 0.246 e. The molecule has 5 aliphatic rings. The highest BCUT2D eigenvalue weighted by atomic mass is 32.1. The minimum absolute atomic E-state index is 0.00447. The molecular formula is C57H73N11O8S. The van der Waals surface area contributed by atoms with Crippen molar-refractivity contribution in [3.05, 3.63) is 89.7 Å². The molecule has 2 bridgehead atoms. The van der Waals surface area contributed by atoms with Crippen LogP contribution in [-0.4, -0.2) is 159 Å². The lowest BCUT2D eigenvalue weighted by molar-refractivity contribution is -0.144. The molecule has 10 rings (SSSR count). The van der Waals surface area contributed by atoms with Crippen molar-refractivity contribution in [3.8, 4) is 33.3 Å². The van der Waals surface area contributed by atoms with Gasteiger partial charge in [-0.05, 0) is 80.3 Å². The lowest BCUT2D eigenvalue weighted by Gasteiger charge is -2.43. The third kappa shape index (κ3) is 12.5. The number of hydrogen-bond acceptors (Lipinski definition) is 17. The number of aromatic hydroxyl groups is 1. The minimum atomic E-state index is -0.945. The fourth-order valence-electron chi connectivity index (χ4n) is 11.6. The van der Waals surface area contributed by atoms with Crippen molar-refractivity contribution in [2.45, 2.75) is 134 Å². The van der Waals surface area contributed by atoms with Gasteiger partial charge in [0.05, 0.1) is 58.4 Å². The van der Waals surface area contributed by atoms with Gasteiger partial charge in [0, 0.05) is 94.1 Å². The van der Waals surface area contributed by atoms with E-state index in [2.05, 4.69) is 57.6 Å². The van der Waals surface area contributed by atoms with E-state index in [1.807, 2.05) is 88.8 Å². The van der Waals surface area contributed by atoms with Crippen LogP contribution in [-0.2, 0) is 23.9 Å². The molecule has 6 N–H and O–H groups in total. The Bertz CT molecular complexity index is 2860.